The minimum atomic E-state index is -4.80. The number of carbonyl (C=O) groups excluding carboxylic acids is 1. The predicted octanol–water partition coefficient (Wildman–Crippen LogP) is 3.61. The Labute approximate surface area is 165 Å². The molecule has 0 saturated carbocycles. The number of phenolic OH excluding ortho intramolecular Hbond substituents is 1. The summed E-state index contributed by atoms with van der Waals surface area (Å²) >= 11 is 0. The Morgan fingerprint density at radius 1 is 1.21 bits per heavy atom. The number of methoxy groups -OCH3 is 1. The summed E-state index contributed by atoms with van der Waals surface area (Å²) in [6.45, 7) is -0.327. The molecule has 2 N–H and O–H groups in total. The molecular weight excluding hydrogens is 389 g/mol. The number of ether oxygens (including phenoxy) is 1. The highest BCUT2D eigenvalue weighted by atomic mass is 19.4. The van der Waals surface area contributed by atoms with Gasteiger partial charge in [-0.15, -0.1) is 0 Å². The molecule has 0 radical (unpaired) electrons. The molecule has 6 nitrogen and oxygen atoms in total. The van der Waals surface area contributed by atoms with Crippen molar-refractivity contribution in [1.29, 1.82) is 0 Å². The lowest BCUT2D eigenvalue weighted by Crippen LogP contribution is -2.24. The van der Waals surface area contributed by atoms with E-state index in [1.165, 1.54) is 32.6 Å². The van der Waals surface area contributed by atoms with E-state index < -0.39 is 17.8 Å². The number of halogens is 3. The van der Waals surface area contributed by atoms with E-state index in [2.05, 4.69) is 10.5 Å². The molecule has 2 aromatic rings. The molecule has 2 aromatic carbocycles. The van der Waals surface area contributed by atoms with Crippen LogP contribution in [-0.4, -0.2) is 37.1 Å². The van der Waals surface area contributed by atoms with Crippen molar-refractivity contribution < 1.29 is 32.6 Å². The maximum Gasteiger partial charge on any atom is 0.437 e. The number of hydrogen-bond acceptors (Lipinski definition) is 5. The first kappa shape index (κ1) is 21.8. The van der Waals surface area contributed by atoms with Crippen molar-refractivity contribution >= 4 is 17.2 Å². The van der Waals surface area contributed by atoms with Gasteiger partial charge in [-0.2, -0.15) is 13.2 Å². The molecule has 29 heavy (non-hydrogen) atoms. The number of alkyl halides is 3. The zero-order chi connectivity index (χ0) is 21.4. The van der Waals surface area contributed by atoms with E-state index in [1.807, 2.05) is 0 Å². The third-order valence-corrected chi connectivity index (χ3v) is 3.78. The maximum atomic E-state index is 13.4. The van der Waals surface area contributed by atoms with Gasteiger partial charge in [0, 0.05) is 18.2 Å². The van der Waals surface area contributed by atoms with Gasteiger partial charge in [-0.1, -0.05) is 41.6 Å². The van der Waals surface area contributed by atoms with Crippen LogP contribution in [0.25, 0.3) is 5.57 Å². The zero-order valence-corrected chi connectivity index (χ0v) is 15.7. The van der Waals surface area contributed by atoms with Gasteiger partial charge in [0.1, 0.15) is 12.4 Å². The Bertz CT molecular complexity index is 924. The Balaban J connectivity index is 2.33. The fourth-order valence-electron chi connectivity index (χ4n) is 2.49. The van der Waals surface area contributed by atoms with Crippen LogP contribution in [-0.2, 0) is 21.0 Å². The van der Waals surface area contributed by atoms with Crippen LogP contribution in [0.1, 0.15) is 16.7 Å². The Morgan fingerprint density at radius 2 is 1.93 bits per heavy atom. The summed E-state index contributed by atoms with van der Waals surface area (Å²) in [6, 6.07) is 11.1. The van der Waals surface area contributed by atoms with Gasteiger partial charge in [-0.05, 0) is 17.7 Å². The SMILES string of the molecule is CNC(=O)/C(=C/OC)c1ccccc1CO/N=C(/c1cccc(O)c1)C(F)(F)F. The van der Waals surface area contributed by atoms with Gasteiger partial charge in [0.2, 0.25) is 0 Å². The first-order chi connectivity index (χ1) is 13.8. The van der Waals surface area contributed by atoms with Gasteiger partial charge in [0.05, 0.1) is 18.9 Å². The van der Waals surface area contributed by atoms with Crippen LogP contribution < -0.4 is 5.32 Å². The molecule has 0 spiro atoms. The van der Waals surface area contributed by atoms with Crippen molar-refractivity contribution in [3.8, 4) is 5.75 Å². The largest absolute Gasteiger partial charge is 0.508 e. The van der Waals surface area contributed by atoms with E-state index in [1.54, 1.807) is 24.3 Å². The van der Waals surface area contributed by atoms with E-state index in [4.69, 9.17) is 9.57 Å². The summed E-state index contributed by atoms with van der Waals surface area (Å²) in [5.41, 5.74) is -0.585. The normalized spacial score (nSPS) is 12.4. The lowest BCUT2D eigenvalue weighted by atomic mass is 10.0. The van der Waals surface area contributed by atoms with Crippen molar-refractivity contribution in [2.45, 2.75) is 12.8 Å². The van der Waals surface area contributed by atoms with Crippen molar-refractivity contribution in [1.82, 2.24) is 5.32 Å². The lowest BCUT2D eigenvalue weighted by molar-refractivity contribution is -0.115. The number of nitrogens with one attached hydrogen (secondary N) is 1. The van der Waals surface area contributed by atoms with E-state index >= 15 is 0 Å². The molecule has 0 aliphatic rings. The lowest BCUT2D eigenvalue weighted by Gasteiger charge is -2.13. The number of benzene rings is 2. The molecule has 2 rings (SSSR count). The summed E-state index contributed by atoms with van der Waals surface area (Å²) in [5, 5.41) is 15.1. The molecule has 1 amide bonds. The molecular formula is C20H19F3N2O4. The number of phenols is 1. The second-order valence-corrected chi connectivity index (χ2v) is 5.76. The van der Waals surface area contributed by atoms with Crippen LogP contribution in [0.2, 0.25) is 0 Å². The number of nitrogens with zero attached hydrogens (tertiary/aromatic N) is 1. The second kappa shape index (κ2) is 9.63. The molecule has 0 aliphatic carbocycles. The highest BCUT2D eigenvalue weighted by molar-refractivity contribution is 6.19. The standard InChI is InChI=1S/C20H19F3N2O4/c1-24-19(27)17(12-28-2)16-9-4-3-6-14(16)11-29-25-18(20(21,22)23)13-7-5-8-15(26)10-13/h3-10,12,26H,11H2,1-2H3,(H,24,27)/b17-12+,25-18-. The van der Waals surface area contributed by atoms with Gasteiger partial charge < -0.3 is 20.0 Å². The van der Waals surface area contributed by atoms with Gasteiger partial charge >= 0.3 is 6.18 Å². The highest BCUT2D eigenvalue weighted by Crippen LogP contribution is 2.26. The molecule has 0 fully saturated rings. The molecule has 0 aliphatic heterocycles. The van der Waals surface area contributed by atoms with Crippen LogP contribution in [0.3, 0.4) is 0 Å². The average Bonchev–Trinajstić information content (AvgIpc) is 2.68. The first-order valence-electron chi connectivity index (χ1n) is 8.37. The number of rotatable bonds is 7. The quantitative estimate of drug-likeness (QED) is 0.318. The minimum Gasteiger partial charge on any atom is -0.508 e. The fraction of sp³-hybridized carbons (Fsp3) is 0.200. The molecule has 154 valence electrons. The second-order valence-electron chi connectivity index (χ2n) is 5.76. The summed E-state index contributed by atoms with van der Waals surface area (Å²) in [6.07, 6.45) is -3.56. The van der Waals surface area contributed by atoms with E-state index in [0.717, 1.165) is 12.1 Å². The van der Waals surface area contributed by atoms with Crippen molar-refractivity contribution in [3.63, 3.8) is 0 Å². The average molecular weight is 408 g/mol. The van der Waals surface area contributed by atoms with Gasteiger partial charge in [0.15, 0.2) is 5.71 Å². The smallest absolute Gasteiger partial charge is 0.437 e. The Kier molecular flexibility index (Phi) is 7.24. The highest BCUT2D eigenvalue weighted by Gasteiger charge is 2.38. The van der Waals surface area contributed by atoms with Crippen LogP contribution in [0.4, 0.5) is 13.2 Å². The minimum absolute atomic E-state index is 0.183. The van der Waals surface area contributed by atoms with Gasteiger partial charge in [0.25, 0.3) is 5.91 Å². The predicted molar refractivity (Wildman–Crippen MR) is 101 cm³/mol. The third kappa shape index (κ3) is 5.74. The molecule has 0 bridgehead atoms. The monoisotopic (exact) mass is 408 g/mol. The number of amides is 1. The summed E-state index contributed by atoms with van der Waals surface area (Å²) in [5.74, 6) is -0.761. The first-order valence-corrected chi connectivity index (χ1v) is 8.37. The van der Waals surface area contributed by atoms with E-state index in [-0.39, 0.29) is 23.5 Å². The number of aromatic hydroxyl groups is 1. The Morgan fingerprint density at radius 3 is 2.55 bits per heavy atom. The molecule has 0 unspecified atom stereocenters. The third-order valence-electron chi connectivity index (χ3n) is 3.78. The number of likely N-dealkylation sites (N-methyl/N-ethyl adjacent to an activating group) is 1. The molecule has 0 atom stereocenters. The van der Waals surface area contributed by atoms with Crippen molar-refractivity contribution in [2.24, 2.45) is 5.16 Å². The summed E-state index contributed by atoms with van der Waals surface area (Å²) in [4.78, 5) is 17.1. The molecule has 0 saturated heterocycles. The zero-order valence-electron chi connectivity index (χ0n) is 15.7. The van der Waals surface area contributed by atoms with E-state index in [9.17, 15) is 23.1 Å². The molecule has 9 heteroatoms. The Hall–Kier alpha value is -3.49. The number of hydrogen-bond donors (Lipinski definition) is 2. The molecule has 0 heterocycles. The van der Waals surface area contributed by atoms with Crippen LogP contribution in [0.15, 0.2) is 59.9 Å². The van der Waals surface area contributed by atoms with Gasteiger partial charge in [-0.25, -0.2) is 0 Å². The van der Waals surface area contributed by atoms with Crippen molar-refractivity contribution in [2.75, 3.05) is 14.2 Å². The summed E-state index contributed by atoms with van der Waals surface area (Å²) in [7, 11) is 2.82. The van der Waals surface area contributed by atoms with Crippen LogP contribution in [0.5, 0.6) is 5.75 Å². The maximum absolute atomic E-state index is 13.4. The number of carbonyl (C=O) groups is 1. The van der Waals surface area contributed by atoms with Crippen LogP contribution in [0, 0.1) is 0 Å². The molecule has 0 aromatic heterocycles. The van der Waals surface area contributed by atoms with Crippen LogP contribution >= 0.6 is 0 Å². The summed E-state index contributed by atoms with van der Waals surface area (Å²) < 4.78 is 45.0. The topological polar surface area (TPSA) is 80.2 Å². The number of oxime groups is 1. The van der Waals surface area contributed by atoms with E-state index in [0.29, 0.717) is 11.1 Å². The van der Waals surface area contributed by atoms with Gasteiger partial charge in [-0.3, -0.25) is 4.79 Å². The fourth-order valence-corrected chi connectivity index (χ4v) is 2.49. The van der Waals surface area contributed by atoms with Crippen molar-refractivity contribution in [3.05, 3.63) is 71.5 Å².